The average Bonchev–Trinajstić information content (AvgIpc) is 2.89. The molecule has 1 N–H and O–H groups in total. The van der Waals surface area contributed by atoms with Gasteiger partial charge in [0.05, 0.1) is 33.6 Å². The molecule has 2 aliphatic heterocycles. The highest BCUT2D eigenvalue weighted by Gasteiger charge is 2.20. The number of morpholine rings is 1. The molecule has 188 valence electrons. The summed E-state index contributed by atoms with van der Waals surface area (Å²) in [4.78, 5) is 29.7. The molecule has 4 rings (SSSR count). The van der Waals surface area contributed by atoms with Gasteiger partial charge < -0.3 is 28.7 Å². The van der Waals surface area contributed by atoms with E-state index in [1.807, 2.05) is 0 Å². The summed E-state index contributed by atoms with van der Waals surface area (Å²) in [5.41, 5.74) is 3.60. The fourth-order valence-corrected chi connectivity index (χ4v) is 3.93. The van der Waals surface area contributed by atoms with E-state index in [2.05, 4.69) is 30.3 Å². The Bertz CT molecular complexity index is 991. The fraction of sp³-hybridized carbons (Fsp3) is 0.522. The predicted octanol–water partition coefficient (Wildman–Crippen LogP) is 2.09. The van der Waals surface area contributed by atoms with Gasteiger partial charge in [-0.3, -0.25) is 4.79 Å². The monoisotopic (exact) mass is 485 g/mol. The zero-order valence-corrected chi connectivity index (χ0v) is 20.3. The first-order valence-corrected chi connectivity index (χ1v) is 11.6. The van der Waals surface area contributed by atoms with Crippen LogP contribution in [0.4, 0.5) is 17.8 Å². The summed E-state index contributed by atoms with van der Waals surface area (Å²) in [7, 11) is 2.97. The van der Waals surface area contributed by atoms with Crippen molar-refractivity contribution in [1.29, 1.82) is 0 Å². The zero-order valence-electron chi connectivity index (χ0n) is 20.3. The minimum absolute atomic E-state index is 0.214. The fourth-order valence-electron chi connectivity index (χ4n) is 3.93. The maximum absolute atomic E-state index is 11.4. The van der Waals surface area contributed by atoms with E-state index >= 15 is 0 Å². The van der Waals surface area contributed by atoms with Gasteiger partial charge in [0.25, 0.3) is 0 Å². The van der Waals surface area contributed by atoms with Gasteiger partial charge in [-0.15, -0.1) is 0 Å². The molecule has 0 aliphatic carbocycles. The van der Waals surface area contributed by atoms with Crippen molar-refractivity contribution < 1.29 is 23.7 Å². The van der Waals surface area contributed by atoms with Crippen LogP contribution in [0.1, 0.15) is 31.7 Å². The normalized spacial score (nSPS) is 16.3. The molecule has 0 radical (unpaired) electrons. The molecule has 0 saturated carbocycles. The average molecular weight is 486 g/mol. The molecule has 2 saturated heterocycles. The van der Waals surface area contributed by atoms with Gasteiger partial charge in [-0.05, 0) is 31.4 Å². The van der Waals surface area contributed by atoms with E-state index in [1.54, 1.807) is 18.3 Å². The van der Waals surface area contributed by atoms with E-state index in [4.69, 9.17) is 23.9 Å². The minimum atomic E-state index is -0.472. The van der Waals surface area contributed by atoms with Crippen LogP contribution < -0.4 is 29.4 Å². The summed E-state index contributed by atoms with van der Waals surface area (Å²) in [6.07, 6.45) is 5.04. The van der Waals surface area contributed by atoms with Crippen molar-refractivity contribution >= 4 is 30.0 Å². The van der Waals surface area contributed by atoms with Crippen molar-refractivity contribution in [3.63, 3.8) is 0 Å². The van der Waals surface area contributed by atoms with Crippen LogP contribution in [0.3, 0.4) is 0 Å². The van der Waals surface area contributed by atoms with Crippen molar-refractivity contribution in [3.8, 4) is 17.2 Å². The van der Waals surface area contributed by atoms with Crippen LogP contribution in [0.15, 0.2) is 17.2 Å². The number of piperidine rings is 1. The topological polar surface area (TPSA) is 124 Å². The standard InChI is InChI=1S/C23H31N7O5/c1-16(31)35-20-18(32-2)13-17(14-19(20)33-3)15-24-28-21-25-22(29-7-5-4-6-8-29)27-23(26-21)30-9-11-34-12-10-30/h13-15H,4-12H2,1-3H3,(H,25,26,27,28)/b24-15+. The van der Waals surface area contributed by atoms with Crippen LogP contribution in [0.2, 0.25) is 0 Å². The lowest BCUT2D eigenvalue weighted by Crippen LogP contribution is -2.38. The summed E-state index contributed by atoms with van der Waals surface area (Å²) in [5.74, 6) is 2.05. The number of esters is 1. The van der Waals surface area contributed by atoms with Gasteiger partial charge in [-0.2, -0.15) is 20.1 Å². The van der Waals surface area contributed by atoms with Gasteiger partial charge in [-0.1, -0.05) is 0 Å². The highest BCUT2D eigenvalue weighted by molar-refractivity contribution is 5.83. The summed E-state index contributed by atoms with van der Waals surface area (Å²) in [5, 5.41) is 4.32. The molecule has 1 aromatic heterocycles. The molecule has 2 aliphatic rings. The van der Waals surface area contributed by atoms with E-state index in [0.29, 0.717) is 48.1 Å². The second-order valence-corrected chi connectivity index (χ2v) is 8.12. The van der Waals surface area contributed by atoms with E-state index in [-0.39, 0.29) is 5.75 Å². The maximum Gasteiger partial charge on any atom is 0.308 e. The number of anilines is 3. The van der Waals surface area contributed by atoms with E-state index in [0.717, 1.165) is 39.0 Å². The Morgan fingerprint density at radius 3 is 2.14 bits per heavy atom. The largest absolute Gasteiger partial charge is 0.493 e. The first kappa shape index (κ1) is 24.5. The second kappa shape index (κ2) is 11.6. The lowest BCUT2D eigenvalue weighted by Gasteiger charge is -2.30. The van der Waals surface area contributed by atoms with Gasteiger partial charge in [-0.25, -0.2) is 5.43 Å². The number of benzene rings is 1. The van der Waals surface area contributed by atoms with E-state index in [1.165, 1.54) is 27.6 Å². The van der Waals surface area contributed by atoms with Crippen LogP contribution in [-0.2, 0) is 9.53 Å². The molecule has 0 amide bonds. The van der Waals surface area contributed by atoms with Gasteiger partial charge in [0.2, 0.25) is 23.6 Å². The molecule has 12 nitrogen and oxygen atoms in total. The Labute approximate surface area is 204 Å². The number of rotatable bonds is 8. The number of nitrogens with zero attached hydrogens (tertiary/aromatic N) is 6. The molecule has 0 bridgehead atoms. The third-order valence-corrected chi connectivity index (χ3v) is 5.65. The minimum Gasteiger partial charge on any atom is -0.493 e. The van der Waals surface area contributed by atoms with E-state index < -0.39 is 5.97 Å². The van der Waals surface area contributed by atoms with Crippen molar-refractivity contribution in [2.75, 3.05) is 68.8 Å². The number of ether oxygens (including phenoxy) is 4. The first-order chi connectivity index (χ1) is 17.1. The Balaban J connectivity index is 1.57. The number of hydrogen-bond donors (Lipinski definition) is 1. The quantitative estimate of drug-likeness (QED) is 0.256. The molecular weight excluding hydrogens is 454 g/mol. The third-order valence-electron chi connectivity index (χ3n) is 5.65. The highest BCUT2D eigenvalue weighted by Crippen LogP contribution is 2.38. The molecule has 3 heterocycles. The van der Waals surface area contributed by atoms with Crippen molar-refractivity contribution in [1.82, 2.24) is 15.0 Å². The Hall–Kier alpha value is -3.67. The van der Waals surface area contributed by atoms with Crippen LogP contribution in [-0.4, -0.2) is 80.7 Å². The lowest BCUT2D eigenvalue weighted by molar-refractivity contribution is -0.132. The van der Waals surface area contributed by atoms with Crippen molar-refractivity contribution in [3.05, 3.63) is 17.7 Å². The number of nitrogens with one attached hydrogen (secondary N) is 1. The predicted molar refractivity (Wildman–Crippen MR) is 131 cm³/mol. The number of hydrazone groups is 1. The molecule has 1 aromatic carbocycles. The summed E-state index contributed by atoms with van der Waals surface area (Å²) < 4.78 is 21.4. The van der Waals surface area contributed by atoms with Crippen molar-refractivity contribution in [2.45, 2.75) is 26.2 Å². The number of aromatic nitrogens is 3. The van der Waals surface area contributed by atoms with Gasteiger partial charge in [0.1, 0.15) is 0 Å². The lowest BCUT2D eigenvalue weighted by atomic mass is 10.1. The SMILES string of the molecule is COc1cc(/C=N/Nc2nc(N3CCCCC3)nc(N3CCOCC3)n2)cc(OC)c1OC(C)=O. The number of hydrogen-bond acceptors (Lipinski definition) is 12. The van der Waals surface area contributed by atoms with Crippen molar-refractivity contribution in [2.24, 2.45) is 5.10 Å². The van der Waals surface area contributed by atoms with Gasteiger partial charge in [0, 0.05) is 38.7 Å². The number of carbonyl (C=O) groups excluding carboxylic acids is 1. The molecule has 12 heteroatoms. The van der Waals surface area contributed by atoms with Gasteiger partial charge >= 0.3 is 5.97 Å². The molecule has 2 aromatic rings. The molecule has 0 atom stereocenters. The Morgan fingerprint density at radius 2 is 1.57 bits per heavy atom. The molecule has 2 fully saturated rings. The summed E-state index contributed by atoms with van der Waals surface area (Å²) >= 11 is 0. The second-order valence-electron chi connectivity index (χ2n) is 8.12. The van der Waals surface area contributed by atoms with Crippen LogP contribution >= 0.6 is 0 Å². The van der Waals surface area contributed by atoms with Crippen LogP contribution in [0.5, 0.6) is 17.2 Å². The third kappa shape index (κ3) is 6.27. The summed E-state index contributed by atoms with van der Waals surface area (Å²) in [6.45, 7) is 5.88. The van der Waals surface area contributed by atoms with E-state index in [9.17, 15) is 4.79 Å². The van der Waals surface area contributed by atoms with Crippen LogP contribution in [0.25, 0.3) is 0 Å². The number of carbonyl (C=O) groups is 1. The molecule has 35 heavy (non-hydrogen) atoms. The Kier molecular flexibility index (Phi) is 8.14. The Morgan fingerprint density at radius 1 is 0.971 bits per heavy atom. The molecule has 0 spiro atoms. The summed E-state index contributed by atoms with van der Waals surface area (Å²) in [6, 6.07) is 3.38. The molecular formula is C23H31N7O5. The molecule has 0 unspecified atom stereocenters. The highest BCUT2D eigenvalue weighted by atomic mass is 16.6. The van der Waals surface area contributed by atoms with Gasteiger partial charge in [0.15, 0.2) is 11.5 Å². The first-order valence-electron chi connectivity index (χ1n) is 11.6. The smallest absolute Gasteiger partial charge is 0.308 e. The van der Waals surface area contributed by atoms with Crippen LogP contribution in [0, 0.1) is 0 Å². The number of methoxy groups -OCH3 is 2. The zero-order chi connectivity index (χ0) is 24.6. The maximum atomic E-state index is 11.4.